The Balaban J connectivity index is 1.56. The van der Waals surface area contributed by atoms with Gasteiger partial charge in [0.2, 0.25) is 0 Å². The van der Waals surface area contributed by atoms with Crippen molar-refractivity contribution in [3.8, 4) is 0 Å². The van der Waals surface area contributed by atoms with E-state index < -0.39 is 0 Å². The summed E-state index contributed by atoms with van der Waals surface area (Å²) in [4.78, 5) is 13.1. The highest BCUT2D eigenvalue weighted by molar-refractivity contribution is 7.98. The average Bonchev–Trinajstić information content (AvgIpc) is 3.27. The van der Waals surface area contributed by atoms with E-state index in [9.17, 15) is 4.79 Å². The Hall–Kier alpha value is -1.94. The third-order valence-corrected chi connectivity index (χ3v) is 4.49. The maximum Gasteiger partial charge on any atom is 0.319 e. The van der Waals surface area contributed by atoms with Crippen LogP contribution < -0.4 is 10.6 Å². The first-order valence-corrected chi connectivity index (χ1v) is 8.26. The second-order valence-corrected chi connectivity index (χ2v) is 6.01. The zero-order valence-electron chi connectivity index (χ0n) is 11.9. The number of urea groups is 1. The fourth-order valence-electron chi connectivity index (χ4n) is 2.50. The highest BCUT2D eigenvalue weighted by atomic mass is 32.2. The van der Waals surface area contributed by atoms with Gasteiger partial charge in [0.25, 0.3) is 0 Å². The molecule has 1 aliphatic carbocycles. The largest absolute Gasteiger partial charge is 0.334 e. The number of thioether (sulfide) groups is 1. The summed E-state index contributed by atoms with van der Waals surface area (Å²) in [6.07, 6.45) is 3.02. The predicted octanol–water partition coefficient (Wildman–Crippen LogP) is 4.09. The molecule has 2 amide bonds. The van der Waals surface area contributed by atoms with E-state index in [-0.39, 0.29) is 12.1 Å². The van der Waals surface area contributed by atoms with Gasteiger partial charge in [-0.15, -0.1) is 11.8 Å². The van der Waals surface area contributed by atoms with Gasteiger partial charge in [0.05, 0.1) is 5.69 Å². The standard InChI is InChI=1S/C17H18N2OS/c1-21-16-10-6-5-9-14(16)18-17(20)19-15-11-13(15)12-7-3-2-4-8-12/h2-10,13,15H,11H2,1H3,(H2,18,19,20). The Morgan fingerprint density at radius 3 is 2.57 bits per heavy atom. The second kappa shape index (κ2) is 6.22. The molecule has 2 aromatic rings. The summed E-state index contributed by atoms with van der Waals surface area (Å²) in [7, 11) is 0. The van der Waals surface area contributed by atoms with E-state index in [2.05, 4.69) is 22.8 Å². The van der Waals surface area contributed by atoms with Crippen molar-refractivity contribution in [1.29, 1.82) is 0 Å². The number of nitrogens with one attached hydrogen (secondary N) is 2. The van der Waals surface area contributed by atoms with Crippen LogP contribution in [-0.4, -0.2) is 18.3 Å². The summed E-state index contributed by atoms with van der Waals surface area (Å²) in [6, 6.07) is 18.3. The first-order chi connectivity index (χ1) is 10.3. The van der Waals surface area contributed by atoms with Gasteiger partial charge in [-0.3, -0.25) is 0 Å². The summed E-state index contributed by atoms with van der Waals surface area (Å²) in [6.45, 7) is 0. The third kappa shape index (κ3) is 3.39. The van der Waals surface area contributed by atoms with Crippen LogP contribution in [0.15, 0.2) is 59.5 Å². The predicted molar refractivity (Wildman–Crippen MR) is 88.0 cm³/mol. The Morgan fingerprint density at radius 2 is 1.81 bits per heavy atom. The van der Waals surface area contributed by atoms with Crippen LogP contribution in [-0.2, 0) is 0 Å². The van der Waals surface area contributed by atoms with Crippen molar-refractivity contribution in [3.63, 3.8) is 0 Å². The van der Waals surface area contributed by atoms with Gasteiger partial charge in [-0.05, 0) is 30.4 Å². The van der Waals surface area contributed by atoms with Crippen molar-refractivity contribution < 1.29 is 4.79 Å². The molecule has 0 saturated heterocycles. The lowest BCUT2D eigenvalue weighted by Gasteiger charge is -2.10. The molecule has 0 bridgehead atoms. The second-order valence-electron chi connectivity index (χ2n) is 5.16. The van der Waals surface area contributed by atoms with Crippen LogP contribution in [0.3, 0.4) is 0 Å². The molecule has 4 heteroatoms. The molecule has 1 fully saturated rings. The van der Waals surface area contributed by atoms with Gasteiger partial charge < -0.3 is 10.6 Å². The average molecular weight is 298 g/mol. The third-order valence-electron chi connectivity index (χ3n) is 3.69. The van der Waals surface area contributed by atoms with E-state index in [0.717, 1.165) is 17.0 Å². The van der Waals surface area contributed by atoms with Crippen LogP contribution >= 0.6 is 11.8 Å². The van der Waals surface area contributed by atoms with Crippen molar-refractivity contribution in [1.82, 2.24) is 5.32 Å². The Kier molecular flexibility index (Phi) is 4.15. The van der Waals surface area contributed by atoms with E-state index in [1.165, 1.54) is 5.56 Å². The van der Waals surface area contributed by atoms with Gasteiger partial charge >= 0.3 is 6.03 Å². The van der Waals surface area contributed by atoms with Crippen molar-refractivity contribution in [2.75, 3.05) is 11.6 Å². The van der Waals surface area contributed by atoms with Crippen molar-refractivity contribution in [2.45, 2.75) is 23.3 Å². The molecule has 3 nitrogen and oxygen atoms in total. The lowest BCUT2D eigenvalue weighted by Crippen LogP contribution is -2.31. The van der Waals surface area contributed by atoms with Crippen LogP contribution in [0.25, 0.3) is 0 Å². The van der Waals surface area contributed by atoms with E-state index in [1.54, 1.807) is 11.8 Å². The molecule has 2 atom stereocenters. The summed E-state index contributed by atoms with van der Waals surface area (Å²) >= 11 is 1.63. The number of hydrogen-bond donors (Lipinski definition) is 2. The topological polar surface area (TPSA) is 41.1 Å². The zero-order chi connectivity index (χ0) is 14.7. The smallest absolute Gasteiger partial charge is 0.319 e. The van der Waals surface area contributed by atoms with Gasteiger partial charge in [-0.25, -0.2) is 4.79 Å². The maximum atomic E-state index is 12.1. The van der Waals surface area contributed by atoms with Crippen molar-refractivity contribution in [3.05, 3.63) is 60.2 Å². The fraction of sp³-hybridized carbons (Fsp3) is 0.235. The number of rotatable bonds is 4. The molecular formula is C17H18N2OS. The Morgan fingerprint density at radius 1 is 1.10 bits per heavy atom. The number of para-hydroxylation sites is 1. The first-order valence-electron chi connectivity index (χ1n) is 7.03. The number of amides is 2. The zero-order valence-corrected chi connectivity index (χ0v) is 12.7. The summed E-state index contributed by atoms with van der Waals surface area (Å²) < 4.78 is 0. The summed E-state index contributed by atoms with van der Waals surface area (Å²) in [5.41, 5.74) is 2.16. The molecule has 2 aromatic carbocycles. The van der Waals surface area contributed by atoms with Crippen LogP contribution in [0.2, 0.25) is 0 Å². The minimum absolute atomic E-state index is 0.125. The Bertz CT molecular complexity index is 630. The summed E-state index contributed by atoms with van der Waals surface area (Å²) in [5.74, 6) is 0.452. The molecule has 0 aliphatic heterocycles. The Labute approximate surface area is 129 Å². The van der Waals surface area contributed by atoms with Crippen LogP contribution in [0.5, 0.6) is 0 Å². The number of benzene rings is 2. The van der Waals surface area contributed by atoms with Gasteiger partial charge in [-0.2, -0.15) is 0 Å². The van der Waals surface area contributed by atoms with Gasteiger partial charge in [0.15, 0.2) is 0 Å². The number of carbonyl (C=O) groups is 1. The summed E-state index contributed by atoms with van der Waals surface area (Å²) in [5, 5.41) is 5.98. The van der Waals surface area contributed by atoms with Crippen LogP contribution in [0.1, 0.15) is 17.9 Å². The molecule has 2 N–H and O–H groups in total. The quantitative estimate of drug-likeness (QED) is 0.835. The van der Waals surface area contributed by atoms with E-state index in [1.807, 2.05) is 48.7 Å². The maximum absolute atomic E-state index is 12.1. The molecule has 0 aromatic heterocycles. The molecular weight excluding hydrogens is 280 g/mol. The SMILES string of the molecule is CSc1ccccc1NC(=O)NC1CC1c1ccccc1. The molecule has 0 heterocycles. The molecule has 0 radical (unpaired) electrons. The normalized spacial score (nSPS) is 19.9. The molecule has 21 heavy (non-hydrogen) atoms. The van der Waals surface area contributed by atoms with Gasteiger partial charge in [-0.1, -0.05) is 42.5 Å². The minimum atomic E-state index is -0.125. The lowest BCUT2D eigenvalue weighted by molar-refractivity contribution is 0.251. The van der Waals surface area contributed by atoms with E-state index in [4.69, 9.17) is 0 Å². The highest BCUT2D eigenvalue weighted by Gasteiger charge is 2.39. The van der Waals surface area contributed by atoms with Gasteiger partial charge in [0.1, 0.15) is 0 Å². The van der Waals surface area contributed by atoms with Crippen LogP contribution in [0.4, 0.5) is 10.5 Å². The lowest BCUT2D eigenvalue weighted by atomic mass is 10.1. The fourth-order valence-corrected chi connectivity index (χ4v) is 3.05. The minimum Gasteiger partial charge on any atom is -0.334 e. The molecule has 2 unspecified atom stereocenters. The molecule has 108 valence electrons. The monoisotopic (exact) mass is 298 g/mol. The van der Waals surface area contributed by atoms with Crippen LogP contribution in [0, 0.1) is 0 Å². The van der Waals surface area contributed by atoms with Crippen molar-refractivity contribution >= 4 is 23.5 Å². The molecule has 1 aliphatic rings. The van der Waals surface area contributed by atoms with E-state index >= 15 is 0 Å². The molecule has 3 rings (SSSR count). The number of hydrogen-bond acceptors (Lipinski definition) is 2. The molecule has 0 spiro atoms. The van der Waals surface area contributed by atoms with Crippen molar-refractivity contribution in [2.24, 2.45) is 0 Å². The molecule has 1 saturated carbocycles. The first kappa shape index (κ1) is 14.0. The van der Waals surface area contributed by atoms with E-state index in [0.29, 0.717) is 5.92 Å². The number of anilines is 1. The van der Waals surface area contributed by atoms with Gasteiger partial charge in [0, 0.05) is 16.9 Å². The highest BCUT2D eigenvalue weighted by Crippen LogP contribution is 2.40. The number of carbonyl (C=O) groups excluding carboxylic acids is 1.